The van der Waals surface area contributed by atoms with Gasteiger partial charge in [0.05, 0.1) is 24.9 Å². The smallest absolute Gasteiger partial charge is 0.401 e. The summed E-state index contributed by atoms with van der Waals surface area (Å²) in [5, 5.41) is 9.32. The highest BCUT2D eigenvalue weighted by Crippen LogP contribution is 2.51. The van der Waals surface area contributed by atoms with Crippen molar-refractivity contribution in [2.45, 2.75) is 41.0 Å². The Balaban J connectivity index is 3.98. The first-order chi connectivity index (χ1) is 12.1. The van der Waals surface area contributed by atoms with Gasteiger partial charge >= 0.3 is 15.3 Å². The highest BCUT2D eigenvalue weighted by molar-refractivity contribution is 8.10. The minimum absolute atomic E-state index is 0.101. The monoisotopic (exact) mass is 442 g/mol. The van der Waals surface area contributed by atoms with Crippen molar-refractivity contribution < 1.29 is 32.0 Å². The maximum Gasteiger partial charge on any atom is 0.401 e. The van der Waals surface area contributed by atoms with Gasteiger partial charge in [0.2, 0.25) is 0 Å². The van der Waals surface area contributed by atoms with Gasteiger partial charge in [0, 0.05) is 5.56 Å². The SMILES string of the molecule is COc1c(Cl)c(OS(=O)(=O)Cl)c(CC(C)(C)C(C)(C)C)c(OC)c1C(=O)O. The molecule has 0 aliphatic rings. The third-order valence-corrected chi connectivity index (χ3v) is 5.75. The lowest BCUT2D eigenvalue weighted by molar-refractivity contribution is 0.0688. The molecule has 1 N–H and O–H groups in total. The van der Waals surface area contributed by atoms with Crippen molar-refractivity contribution in [3.63, 3.8) is 0 Å². The summed E-state index contributed by atoms with van der Waals surface area (Å²) in [6.07, 6.45) is 0.200. The summed E-state index contributed by atoms with van der Waals surface area (Å²) in [6, 6.07) is 0. The first-order valence-electron chi connectivity index (χ1n) is 7.91. The molecule has 0 radical (unpaired) electrons. The number of carbonyl (C=O) groups is 1. The van der Waals surface area contributed by atoms with E-state index in [0.717, 1.165) is 0 Å². The van der Waals surface area contributed by atoms with Crippen molar-refractivity contribution in [2.75, 3.05) is 14.2 Å². The summed E-state index contributed by atoms with van der Waals surface area (Å²) in [6.45, 7) is 9.90. The van der Waals surface area contributed by atoms with Crippen molar-refractivity contribution >= 4 is 37.6 Å². The van der Waals surface area contributed by atoms with Gasteiger partial charge in [0.25, 0.3) is 0 Å². The molecule has 0 aliphatic carbocycles. The van der Waals surface area contributed by atoms with Crippen molar-refractivity contribution in [3.05, 3.63) is 16.1 Å². The van der Waals surface area contributed by atoms with Crippen LogP contribution < -0.4 is 13.7 Å². The molecule has 1 rings (SSSR count). The number of ether oxygens (including phenoxy) is 2. The van der Waals surface area contributed by atoms with E-state index in [9.17, 15) is 18.3 Å². The van der Waals surface area contributed by atoms with E-state index in [0.29, 0.717) is 0 Å². The maximum absolute atomic E-state index is 11.8. The molecule has 0 fully saturated rings. The quantitative estimate of drug-likeness (QED) is 0.618. The summed E-state index contributed by atoms with van der Waals surface area (Å²) in [4.78, 5) is 11.8. The Labute approximate surface area is 169 Å². The fourth-order valence-electron chi connectivity index (χ4n) is 2.37. The molecule has 0 amide bonds. The predicted octanol–water partition coefficient (Wildman–Crippen LogP) is 4.53. The van der Waals surface area contributed by atoms with Gasteiger partial charge < -0.3 is 18.8 Å². The van der Waals surface area contributed by atoms with E-state index in [4.69, 9.17) is 35.9 Å². The van der Waals surface area contributed by atoms with Crippen LogP contribution in [0.2, 0.25) is 5.02 Å². The number of rotatable bonds is 7. The van der Waals surface area contributed by atoms with Crippen LogP contribution in [0.4, 0.5) is 0 Å². The number of halogens is 2. The van der Waals surface area contributed by atoms with Gasteiger partial charge in [0.1, 0.15) is 16.3 Å². The van der Waals surface area contributed by atoms with Gasteiger partial charge in [-0.3, -0.25) is 0 Å². The number of hydrogen-bond donors (Lipinski definition) is 1. The average Bonchev–Trinajstić information content (AvgIpc) is 2.47. The molecule has 0 spiro atoms. The molecule has 0 aliphatic heterocycles. The molecule has 0 bridgehead atoms. The zero-order valence-corrected chi connectivity index (χ0v) is 18.6. The number of carboxylic acids is 1. The van der Waals surface area contributed by atoms with Crippen LogP contribution >= 0.6 is 22.3 Å². The van der Waals surface area contributed by atoms with Crippen LogP contribution in [0.5, 0.6) is 17.2 Å². The predicted molar refractivity (Wildman–Crippen MR) is 104 cm³/mol. The Morgan fingerprint density at radius 3 is 1.85 bits per heavy atom. The fourth-order valence-corrected chi connectivity index (χ4v) is 3.31. The van der Waals surface area contributed by atoms with E-state index in [2.05, 4.69) is 0 Å². The number of methoxy groups -OCH3 is 2. The molecule has 0 unspecified atom stereocenters. The standard InChI is InChI=1S/C17H24Cl2O7S/c1-16(2,3)17(4,5)8-9-12(24-6)10(15(20)21)14(25-7)11(18)13(9)26-27(19,22)23/h8H2,1-7H3,(H,20,21). The lowest BCUT2D eigenvalue weighted by atomic mass is 9.66. The van der Waals surface area contributed by atoms with Crippen LogP contribution in [0.3, 0.4) is 0 Å². The molecule has 10 heteroatoms. The van der Waals surface area contributed by atoms with E-state index in [1.165, 1.54) is 14.2 Å². The number of aromatic carboxylic acids is 1. The van der Waals surface area contributed by atoms with Crippen LogP contribution in [0.25, 0.3) is 0 Å². The van der Waals surface area contributed by atoms with E-state index < -0.39 is 20.7 Å². The molecule has 7 nitrogen and oxygen atoms in total. The highest BCUT2D eigenvalue weighted by Gasteiger charge is 2.38. The van der Waals surface area contributed by atoms with E-state index in [1.54, 1.807) is 0 Å². The van der Waals surface area contributed by atoms with Gasteiger partial charge in [-0.15, -0.1) is 0 Å². The van der Waals surface area contributed by atoms with Gasteiger partial charge in [0.15, 0.2) is 11.5 Å². The fraction of sp³-hybridized carbons (Fsp3) is 0.588. The van der Waals surface area contributed by atoms with Crippen molar-refractivity contribution in [1.29, 1.82) is 0 Å². The van der Waals surface area contributed by atoms with Crippen LogP contribution in [0.15, 0.2) is 0 Å². The largest absolute Gasteiger partial charge is 0.495 e. The third-order valence-electron chi connectivity index (χ3n) is 4.86. The second-order valence-electron chi connectivity index (χ2n) is 7.66. The molecule has 1 aromatic rings. The number of hydrogen-bond acceptors (Lipinski definition) is 6. The van der Waals surface area contributed by atoms with E-state index >= 15 is 0 Å². The van der Waals surface area contributed by atoms with Crippen molar-refractivity contribution in [3.8, 4) is 17.2 Å². The first kappa shape index (κ1) is 23.7. The lowest BCUT2D eigenvalue weighted by Crippen LogP contribution is -2.32. The first-order valence-corrected chi connectivity index (χ1v) is 10.5. The van der Waals surface area contributed by atoms with Crippen LogP contribution in [0.1, 0.15) is 50.5 Å². The summed E-state index contributed by atoms with van der Waals surface area (Å²) in [5.41, 5.74) is -0.818. The van der Waals surface area contributed by atoms with Gasteiger partial charge in [-0.25, -0.2) is 4.79 Å². The molecule has 154 valence electrons. The summed E-state index contributed by atoms with van der Waals surface area (Å²) in [7, 11) is 3.26. The highest BCUT2D eigenvalue weighted by atomic mass is 35.7. The molecule has 0 atom stereocenters. The van der Waals surface area contributed by atoms with Gasteiger partial charge in [-0.1, -0.05) is 46.2 Å². The van der Waals surface area contributed by atoms with Crippen molar-refractivity contribution in [2.24, 2.45) is 10.8 Å². The molecule has 27 heavy (non-hydrogen) atoms. The van der Waals surface area contributed by atoms with Gasteiger partial charge in [-0.05, 0) is 17.3 Å². The molecule has 0 heterocycles. The molecular formula is C17H24Cl2O7S. The molecule has 0 aromatic heterocycles. The molecule has 0 saturated carbocycles. The van der Waals surface area contributed by atoms with Gasteiger partial charge in [-0.2, -0.15) is 8.42 Å². The molecular weight excluding hydrogens is 419 g/mol. The summed E-state index contributed by atoms with van der Waals surface area (Å²) < 4.78 is 38.4. The third kappa shape index (κ3) is 5.12. The normalized spacial score (nSPS) is 12.6. The summed E-state index contributed by atoms with van der Waals surface area (Å²) in [5.74, 6) is -2.05. The molecule has 1 aromatic carbocycles. The number of carboxylic acid groups (broad SMARTS) is 1. The number of benzene rings is 1. The second kappa shape index (κ2) is 7.93. The van der Waals surface area contributed by atoms with Crippen molar-refractivity contribution in [1.82, 2.24) is 0 Å². The maximum atomic E-state index is 11.8. The lowest BCUT2D eigenvalue weighted by Gasteiger charge is -2.39. The van der Waals surface area contributed by atoms with E-state index in [1.807, 2.05) is 34.6 Å². The Kier molecular flexibility index (Phi) is 6.95. The Bertz CT molecular complexity index is 840. The average molecular weight is 443 g/mol. The zero-order chi connectivity index (χ0) is 21.4. The minimum atomic E-state index is -4.47. The molecule has 0 saturated heterocycles. The van der Waals surface area contributed by atoms with Crippen LogP contribution in [-0.4, -0.2) is 33.7 Å². The Hall–Kier alpha value is -1.38. The Morgan fingerprint density at radius 1 is 1.04 bits per heavy atom. The Morgan fingerprint density at radius 2 is 1.52 bits per heavy atom. The summed E-state index contributed by atoms with van der Waals surface area (Å²) >= 11 is 6.25. The van der Waals surface area contributed by atoms with Crippen LogP contribution in [0, 0.1) is 10.8 Å². The van der Waals surface area contributed by atoms with E-state index in [-0.39, 0.29) is 45.2 Å². The van der Waals surface area contributed by atoms with Crippen LogP contribution in [-0.2, 0) is 15.8 Å². The zero-order valence-electron chi connectivity index (χ0n) is 16.3. The second-order valence-corrected chi connectivity index (χ2v) is 10.1. The topological polar surface area (TPSA) is 99.1 Å². The minimum Gasteiger partial charge on any atom is -0.495 e.